The number of nitrogens with two attached hydrogens (primary N) is 1. The Bertz CT molecular complexity index is 927. The number of rotatable bonds is 5. The Hall–Kier alpha value is -2.99. The van der Waals surface area contributed by atoms with Crippen molar-refractivity contribution < 1.29 is 9.53 Å². The summed E-state index contributed by atoms with van der Waals surface area (Å²) in [4.78, 5) is 18.6. The highest BCUT2D eigenvalue weighted by Crippen LogP contribution is 2.30. The van der Waals surface area contributed by atoms with Crippen molar-refractivity contribution in [2.24, 2.45) is 0 Å². The summed E-state index contributed by atoms with van der Waals surface area (Å²) in [5.41, 5.74) is 7.67. The van der Waals surface area contributed by atoms with E-state index in [0.717, 1.165) is 21.2 Å². The molecule has 0 aliphatic heterocycles. The Morgan fingerprint density at radius 2 is 1.85 bits per heavy atom. The van der Waals surface area contributed by atoms with E-state index in [2.05, 4.69) is 10.3 Å². The second-order valence-corrected chi connectivity index (χ2v) is 6.79. The average molecular weight is 365 g/mol. The van der Waals surface area contributed by atoms with E-state index >= 15 is 0 Å². The normalized spacial score (nSPS) is 10.4. The van der Waals surface area contributed by atoms with Crippen molar-refractivity contribution in [2.45, 2.75) is 16.7 Å². The summed E-state index contributed by atoms with van der Waals surface area (Å²) < 4.78 is 5.24. The van der Waals surface area contributed by atoms with Gasteiger partial charge < -0.3 is 15.8 Å². The van der Waals surface area contributed by atoms with Gasteiger partial charge in [0.15, 0.2) is 0 Å². The Kier molecular flexibility index (Phi) is 5.43. The van der Waals surface area contributed by atoms with Crippen molar-refractivity contribution >= 4 is 29.2 Å². The third-order valence-electron chi connectivity index (χ3n) is 3.70. The van der Waals surface area contributed by atoms with E-state index in [-0.39, 0.29) is 11.7 Å². The van der Waals surface area contributed by atoms with Gasteiger partial charge in [-0.3, -0.25) is 4.79 Å². The fourth-order valence-electron chi connectivity index (χ4n) is 2.37. The van der Waals surface area contributed by atoms with Crippen molar-refractivity contribution in [3.8, 4) is 5.75 Å². The molecule has 0 unspecified atom stereocenters. The molecule has 26 heavy (non-hydrogen) atoms. The largest absolute Gasteiger partial charge is 0.497 e. The third-order valence-corrected chi connectivity index (χ3v) is 4.70. The van der Waals surface area contributed by atoms with Crippen LogP contribution in [0.3, 0.4) is 0 Å². The predicted molar refractivity (Wildman–Crippen MR) is 105 cm³/mol. The van der Waals surface area contributed by atoms with Gasteiger partial charge in [0.25, 0.3) is 5.91 Å². The van der Waals surface area contributed by atoms with Gasteiger partial charge in [0, 0.05) is 21.2 Å². The maximum atomic E-state index is 12.3. The highest BCUT2D eigenvalue weighted by Gasteiger charge is 2.11. The van der Waals surface area contributed by atoms with Crippen LogP contribution in [0.5, 0.6) is 5.75 Å². The van der Waals surface area contributed by atoms with Gasteiger partial charge in [-0.25, -0.2) is 4.98 Å². The van der Waals surface area contributed by atoms with E-state index in [1.807, 2.05) is 55.5 Å². The number of carbonyl (C=O) groups is 1. The number of anilines is 2. The molecule has 0 aliphatic rings. The Morgan fingerprint density at radius 1 is 1.08 bits per heavy atom. The Balaban J connectivity index is 1.68. The number of carbonyl (C=O) groups excluding carboxylic acids is 1. The van der Waals surface area contributed by atoms with E-state index in [9.17, 15) is 4.79 Å². The topological polar surface area (TPSA) is 77.2 Å². The van der Waals surface area contributed by atoms with E-state index in [1.54, 1.807) is 31.0 Å². The molecule has 0 aliphatic carbocycles. The van der Waals surface area contributed by atoms with E-state index in [1.165, 1.54) is 0 Å². The molecular weight excluding hydrogens is 346 g/mol. The van der Waals surface area contributed by atoms with Crippen LogP contribution in [0.2, 0.25) is 0 Å². The first-order chi connectivity index (χ1) is 12.5. The van der Waals surface area contributed by atoms with Crippen molar-refractivity contribution in [1.82, 2.24) is 4.98 Å². The smallest absolute Gasteiger partial charge is 0.259 e. The second kappa shape index (κ2) is 7.93. The fourth-order valence-corrected chi connectivity index (χ4v) is 3.24. The van der Waals surface area contributed by atoms with Gasteiger partial charge >= 0.3 is 0 Å². The van der Waals surface area contributed by atoms with Gasteiger partial charge in [0.1, 0.15) is 11.6 Å². The van der Waals surface area contributed by atoms with Crippen LogP contribution in [0.25, 0.3) is 0 Å². The summed E-state index contributed by atoms with van der Waals surface area (Å²) in [5, 5.41) is 2.84. The summed E-state index contributed by atoms with van der Waals surface area (Å²) in [5.74, 6) is 0.777. The van der Waals surface area contributed by atoms with Crippen LogP contribution >= 0.6 is 11.8 Å². The number of nitrogen functional groups attached to an aromatic ring is 1. The average Bonchev–Trinajstić information content (AvgIpc) is 2.63. The minimum atomic E-state index is -0.275. The number of aryl methyl sites for hydroxylation is 1. The maximum Gasteiger partial charge on any atom is 0.259 e. The van der Waals surface area contributed by atoms with E-state index < -0.39 is 0 Å². The molecular formula is C20H19N3O2S. The molecule has 0 saturated heterocycles. The van der Waals surface area contributed by atoms with Crippen molar-refractivity contribution in [1.29, 1.82) is 0 Å². The lowest BCUT2D eigenvalue weighted by Crippen LogP contribution is -2.15. The standard InChI is InChI=1S/C20H19N3O2S/c1-13-6-11-18(19(21)22-13)20(24)23-14-7-9-16(10-8-14)26-17-5-3-4-15(12-17)25-2/h3-12H,1-2H3,(H2,21,22)(H,23,24). The van der Waals surface area contributed by atoms with Crippen LogP contribution < -0.4 is 15.8 Å². The summed E-state index contributed by atoms with van der Waals surface area (Å²) in [6, 6.07) is 18.9. The molecule has 3 N–H and O–H groups in total. The molecule has 0 atom stereocenters. The number of nitrogens with one attached hydrogen (secondary N) is 1. The minimum Gasteiger partial charge on any atom is -0.497 e. The zero-order valence-corrected chi connectivity index (χ0v) is 15.3. The van der Waals surface area contributed by atoms with E-state index in [4.69, 9.17) is 10.5 Å². The fraction of sp³-hybridized carbons (Fsp3) is 0.100. The summed E-state index contributed by atoms with van der Waals surface area (Å²) in [6.45, 7) is 1.83. The highest BCUT2D eigenvalue weighted by atomic mass is 32.2. The van der Waals surface area contributed by atoms with Gasteiger partial charge in [-0.2, -0.15) is 0 Å². The van der Waals surface area contributed by atoms with Gasteiger partial charge in [-0.1, -0.05) is 17.8 Å². The van der Waals surface area contributed by atoms with Crippen molar-refractivity contribution in [3.63, 3.8) is 0 Å². The quantitative estimate of drug-likeness (QED) is 0.701. The molecule has 6 heteroatoms. The lowest BCUT2D eigenvalue weighted by Gasteiger charge is -2.09. The minimum absolute atomic E-state index is 0.229. The summed E-state index contributed by atoms with van der Waals surface area (Å²) in [6.07, 6.45) is 0. The van der Waals surface area contributed by atoms with Crippen molar-refractivity contribution in [3.05, 3.63) is 71.9 Å². The first kappa shape index (κ1) is 17.8. The first-order valence-electron chi connectivity index (χ1n) is 8.01. The molecule has 132 valence electrons. The SMILES string of the molecule is COc1cccc(Sc2ccc(NC(=O)c3ccc(C)nc3N)cc2)c1. The lowest BCUT2D eigenvalue weighted by molar-refractivity contribution is 0.102. The molecule has 0 fully saturated rings. The maximum absolute atomic E-state index is 12.3. The molecule has 1 amide bonds. The number of aromatic nitrogens is 1. The number of ether oxygens (including phenoxy) is 1. The molecule has 0 saturated carbocycles. The number of benzene rings is 2. The molecule has 3 rings (SSSR count). The number of nitrogens with zero attached hydrogens (tertiary/aromatic N) is 1. The van der Waals surface area contributed by atoms with Crippen LogP contribution in [0.1, 0.15) is 16.1 Å². The molecule has 1 aromatic heterocycles. The van der Waals surface area contributed by atoms with Crippen LogP contribution in [-0.4, -0.2) is 18.0 Å². The molecule has 2 aromatic carbocycles. The van der Waals surface area contributed by atoms with Gasteiger partial charge in [-0.15, -0.1) is 0 Å². The number of hydrogen-bond acceptors (Lipinski definition) is 5. The number of hydrogen-bond donors (Lipinski definition) is 2. The van der Waals surface area contributed by atoms with Gasteiger partial charge in [0.2, 0.25) is 0 Å². The highest BCUT2D eigenvalue weighted by molar-refractivity contribution is 7.99. The molecule has 1 heterocycles. The molecule has 3 aromatic rings. The second-order valence-electron chi connectivity index (χ2n) is 5.64. The Morgan fingerprint density at radius 3 is 2.54 bits per heavy atom. The molecule has 0 spiro atoms. The zero-order chi connectivity index (χ0) is 18.5. The monoisotopic (exact) mass is 365 g/mol. The predicted octanol–water partition coefficient (Wildman–Crippen LogP) is 4.38. The number of methoxy groups -OCH3 is 1. The first-order valence-corrected chi connectivity index (χ1v) is 8.83. The van der Waals surface area contributed by atoms with E-state index in [0.29, 0.717) is 11.3 Å². The molecule has 0 radical (unpaired) electrons. The van der Waals surface area contributed by atoms with Gasteiger partial charge in [0.05, 0.1) is 12.7 Å². The lowest BCUT2D eigenvalue weighted by atomic mass is 10.2. The van der Waals surface area contributed by atoms with Crippen molar-refractivity contribution in [2.75, 3.05) is 18.2 Å². The van der Waals surface area contributed by atoms with Crippen LogP contribution in [-0.2, 0) is 0 Å². The molecule has 0 bridgehead atoms. The number of pyridine rings is 1. The Labute approximate surface area is 156 Å². The summed E-state index contributed by atoms with van der Waals surface area (Å²) in [7, 11) is 1.65. The third kappa shape index (κ3) is 4.34. The van der Waals surface area contributed by atoms with Crippen LogP contribution in [0, 0.1) is 6.92 Å². The van der Waals surface area contributed by atoms with Crippen LogP contribution in [0.15, 0.2) is 70.5 Å². The number of amides is 1. The molecule has 5 nitrogen and oxygen atoms in total. The summed E-state index contributed by atoms with van der Waals surface area (Å²) >= 11 is 1.62. The van der Waals surface area contributed by atoms with Crippen LogP contribution in [0.4, 0.5) is 11.5 Å². The zero-order valence-electron chi connectivity index (χ0n) is 14.5. The van der Waals surface area contributed by atoms with Gasteiger partial charge in [-0.05, 0) is 61.5 Å².